The molecule has 0 unspecified atom stereocenters. The molecule has 0 spiro atoms. The Kier molecular flexibility index (Phi) is 4.56. The van der Waals surface area contributed by atoms with Gasteiger partial charge in [-0.2, -0.15) is 5.10 Å². The summed E-state index contributed by atoms with van der Waals surface area (Å²) < 4.78 is 5.08. The third kappa shape index (κ3) is 4.31. The van der Waals surface area contributed by atoms with Crippen LogP contribution in [-0.2, 0) is 0 Å². The first-order chi connectivity index (χ1) is 10.2. The molecule has 0 aromatic heterocycles. The average Bonchev–Trinajstić information content (AvgIpc) is 2.41. The molecular formula is C17H25N3O2. The second-order valence-corrected chi connectivity index (χ2v) is 7.09. The fourth-order valence-corrected chi connectivity index (χ4v) is 3.10. The summed E-state index contributed by atoms with van der Waals surface area (Å²) in [4.78, 5) is 12.1. The maximum Gasteiger partial charge on any atom is 0.271 e. The van der Waals surface area contributed by atoms with Gasteiger partial charge in [0.15, 0.2) is 0 Å². The molecule has 0 radical (unpaired) electrons. The number of carbonyl (C=O) groups is 1. The topological polar surface area (TPSA) is 62.7 Å². The van der Waals surface area contributed by atoms with Crippen molar-refractivity contribution in [3.8, 4) is 5.75 Å². The van der Waals surface area contributed by atoms with Crippen molar-refractivity contribution in [3.63, 3.8) is 0 Å². The second-order valence-electron chi connectivity index (χ2n) is 7.09. The highest BCUT2D eigenvalue weighted by atomic mass is 16.5. The molecular weight excluding hydrogens is 278 g/mol. The first-order valence-electron chi connectivity index (χ1n) is 7.50. The number of hydrogen-bond donors (Lipinski definition) is 2. The third-order valence-electron chi connectivity index (χ3n) is 3.64. The number of nitrogens with one attached hydrogen (secondary N) is 2. The number of benzene rings is 1. The van der Waals surface area contributed by atoms with Crippen molar-refractivity contribution in [2.75, 3.05) is 7.11 Å². The Labute approximate surface area is 132 Å². The number of nitrogens with zero attached hydrogens (tertiary/aromatic N) is 1. The lowest BCUT2D eigenvalue weighted by atomic mass is 9.81. The average molecular weight is 303 g/mol. The quantitative estimate of drug-likeness (QED) is 0.844. The maximum absolute atomic E-state index is 12.1. The van der Waals surface area contributed by atoms with E-state index >= 15 is 0 Å². The van der Waals surface area contributed by atoms with E-state index < -0.39 is 0 Å². The molecule has 0 atom stereocenters. The summed E-state index contributed by atoms with van der Waals surface area (Å²) in [5.74, 6) is 0.522. The Bertz CT molecular complexity index is 556. The largest absolute Gasteiger partial charge is 0.497 e. The first-order valence-corrected chi connectivity index (χ1v) is 7.50. The van der Waals surface area contributed by atoms with Gasteiger partial charge in [0.05, 0.1) is 7.11 Å². The molecule has 1 amide bonds. The highest BCUT2D eigenvalue weighted by molar-refractivity contribution is 5.96. The minimum absolute atomic E-state index is 0.0224. The number of rotatable bonds is 3. The van der Waals surface area contributed by atoms with E-state index in [2.05, 4.69) is 43.5 Å². The predicted octanol–water partition coefficient (Wildman–Crippen LogP) is 2.72. The molecule has 5 heteroatoms. The maximum atomic E-state index is 12.1. The molecule has 0 bridgehead atoms. The van der Waals surface area contributed by atoms with E-state index in [4.69, 9.17) is 4.74 Å². The van der Waals surface area contributed by atoms with Crippen molar-refractivity contribution in [2.24, 2.45) is 5.10 Å². The summed E-state index contributed by atoms with van der Waals surface area (Å²) in [7, 11) is 1.60. The molecule has 1 saturated heterocycles. The van der Waals surface area contributed by atoms with E-state index in [1.165, 1.54) is 0 Å². The zero-order valence-electron chi connectivity index (χ0n) is 14.0. The van der Waals surface area contributed by atoms with Crippen molar-refractivity contribution in [1.29, 1.82) is 0 Å². The van der Waals surface area contributed by atoms with Gasteiger partial charge in [0.25, 0.3) is 5.91 Å². The fourth-order valence-electron chi connectivity index (χ4n) is 3.10. The van der Waals surface area contributed by atoms with Crippen molar-refractivity contribution < 1.29 is 9.53 Å². The van der Waals surface area contributed by atoms with Gasteiger partial charge in [-0.15, -0.1) is 0 Å². The van der Waals surface area contributed by atoms with Gasteiger partial charge in [-0.1, -0.05) is 0 Å². The van der Waals surface area contributed by atoms with Gasteiger partial charge in [0.2, 0.25) is 0 Å². The van der Waals surface area contributed by atoms with Crippen LogP contribution in [0.5, 0.6) is 5.75 Å². The van der Waals surface area contributed by atoms with Crippen LogP contribution in [0.3, 0.4) is 0 Å². The van der Waals surface area contributed by atoms with Gasteiger partial charge in [0, 0.05) is 35.2 Å². The normalized spacial score (nSPS) is 19.4. The third-order valence-corrected chi connectivity index (χ3v) is 3.64. The standard InChI is InChI=1S/C17H25N3O2/c1-16(2)10-13(11-17(3,4)20-16)18-19-15(21)12-6-8-14(22-5)9-7-12/h6-9,20H,10-11H2,1-5H3,(H,19,21). The highest BCUT2D eigenvalue weighted by Gasteiger charge is 2.35. The zero-order valence-corrected chi connectivity index (χ0v) is 14.0. The van der Waals surface area contributed by atoms with Crippen molar-refractivity contribution in [1.82, 2.24) is 10.7 Å². The van der Waals surface area contributed by atoms with Crippen LogP contribution in [0, 0.1) is 0 Å². The van der Waals surface area contributed by atoms with Crippen LogP contribution in [0.25, 0.3) is 0 Å². The zero-order chi connectivity index (χ0) is 16.4. The number of ether oxygens (including phenoxy) is 1. The van der Waals surface area contributed by atoms with Gasteiger partial charge >= 0.3 is 0 Å². The summed E-state index contributed by atoms with van der Waals surface area (Å²) >= 11 is 0. The van der Waals surface area contributed by atoms with Crippen LogP contribution in [0.1, 0.15) is 50.9 Å². The Morgan fingerprint density at radius 1 is 1.14 bits per heavy atom. The molecule has 1 heterocycles. The molecule has 2 N–H and O–H groups in total. The van der Waals surface area contributed by atoms with Crippen LogP contribution >= 0.6 is 0 Å². The number of amides is 1. The van der Waals surface area contributed by atoms with Gasteiger partial charge < -0.3 is 10.1 Å². The van der Waals surface area contributed by atoms with Crippen LogP contribution in [0.4, 0.5) is 0 Å². The van der Waals surface area contributed by atoms with Gasteiger partial charge in [-0.25, -0.2) is 5.43 Å². The molecule has 0 saturated carbocycles. The molecule has 1 aromatic carbocycles. The van der Waals surface area contributed by atoms with E-state index in [1.54, 1.807) is 31.4 Å². The van der Waals surface area contributed by atoms with Crippen LogP contribution in [0.15, 0.2) is 29.4 Å². The van der Waals surface area contributed by atoms with E-state index in [9.17, 15) is 4.79 Å². The molecule has 0 aliphatic carbocycles. The Hall–Kier alpha value is -1.88. The minimum Gasteiger partial charge on any atom is -0.497 e. The Balaban J connectivity index is 2.05. The smallest absolute Gasteiger partial charge is 0.271 e. The summed E-state index contributed by atoms with van der Waals surface area (Å²) in [5, 5.41) is 7.93. The number of hydrazone groups is 1. The number of piperidine rings is 1. The van der Waals surface area contributed by atoms with Crippen molar-refractivity contribution in [2.45, 2.75) is 51.6 Å². The molecule has 1 aliphatic rings. The first kappa shape index (κ1) is 16.5. The van der Waals surface area contributed by atoms with Crippen LogP contribution < -0.4 is 15.5 Å². The lowest BCUT2D eigenvalue weighted by molar-refractivity contribution is 0.0953. The Morgan fingerprint density at radius 2 is 1.68 bits per heavy atom. The van der Waals surface area contributed by atoms with E-state index in [0.29, 0.717) is 5.56 Å². The number of carbonyl (C=O) groups excluding carboxylic acids is 1. The molecule has 120 valence electrons. The van der Waals surface area contributed by atoms with Crippen LogP contribution in [-0.4, -0.2) is 29.8 Å². The summed E-state index contributed by atoms with van der Waals surface area (Å²) in [6.07, 6.45) is 1.64. The van der Waals surface area contributed by atoms with E-state index in [1.807, 2.05) is 0 Å². The Morgan fingerprint density at radius 3 is 2.18 bits per heavy atom. The SMILES string of the molecule is COc1ccc(C(=O)NN=C2CC(C)(C)NC(C)(C)C2)cc1. The van der Waals surface area contributed by atoms with Gasteiger partial charge in [-0.3, -0.25) is 4.79 Å². The fraction of sp³-hybridized carbons (Fsp3) is 0.529. The minimum atomic E-state index is -0.204. The summed E-state index contributed by atoms with van der Waals surface area (Å²) in [6.45, 7) is 8.59. The van der Waals surface area contributed by atoms with Gasteiger partial charge in [0.1, 0.15) is 5.75 Å². The number of methoxy groups -OCH3 is 1. The monoisotopic (exact) mass is 303 g/mol. The molecule has 5 nitrogen and oxygen atoms in total. The van der Waals surface area contributed by atoms with Gasteiger partial charge in [-0.05, 0) is 52.0 Å². The molecule has 2 rings (SSSR count). The lowest BCUT2D eigenvalue weighted by Gasteiger charge is -2.43. The van der Waals surface area contributed by atoms with Crippen molar-refractivity contribution in [3.05, 3.63) is 29.8 Å². The predicted molar refractivity (Wildman–Crippen MR) is 88.4 cm³/mol. The van der Waals surface area contributed by atoms with Crippen LogP contribution in [0.2, 0.25) is 0 Å². The second kappa shape index (κ2) is 6.08. The highest BCUT2D eigenvalue weighted by Crippen LogP contribution is 2.26. The lowest BCUT2D eigenvalue weighted by Crippen LogP contribution is -2.58. The van der Waals surface area contributed by atoms with E-state index in [0.717, 1.165) is 24.3 Å². The molecule has 1 aliphatic heterocycles. The molecule has 1 aromatic rings. The molecule has 1 fully saturated rings. The summed E-state index contributed by atoms with van der Waals surface area (Å²) in [5.41, 5.74) is 4.19. The van der Waals surface area contributed by atoms with E-state index in [-0.39, 0.29) is 17.0 Å². The van der Waals surface area contributed by atoms with Crippen molar-refractivity contribution >= 4 is 11.6 Å². The summed E-state index contributed by atoms with van der Waals surface area (Å²) in [6, 6.07) is 6.98. The number of hydrogen-bond acceptors (Lipinski definition) is 4. The molecule has 22 heavy (non-hydrogen) atoms.